The van der Waals surface area contributed by atoms with E-state index >= 15 is 0 Å². The second-order valence-corrected chi connectivity index (χ2v) is 5.88. The summed E-state index contributed by atoms with van der Waals surface area (Å²) in [4.78, 5) is 0. The van der Waals surface area contributed by atoms with Gasteiger partial charge in [0.2, 0.25) is 0 Å². The predicted octanol–water partition coefficient (Wildman–Crippen LogP) is 3.11. The van der Waals surface area contributed by atoms with Crippen molar-refractivity contribution in [1.82, 2.24) is 5.32 Å². The van der Waals surface area contributed by atoms with Gasteiger partial charge in [-0.1, -0.05) is 32.9 Å². The van der Waals surface area contributed by atoms with E-state index in [1.807, 2.05) is 6.07 Å². The molecule has 0 aromatic heterocycles. The summed E-state index contributed by atoms with van der Waals surface area (Å²) >= 11 is 0. The van der Waals surface area contributed by atoms with E-state index in [1.165, 1.54) is 18.4 Å². The fourth-order valence-electron chi connectivity index (χ4n) is 2.15. The van der Waals surface area contributed by atoms with Crippen molar-refractivity contribution in [2.24, 2.45) is 0 Å². The normalized spacial score (nSPS) is 20.5. The number of nitrogens with one attached hydrogen (secondary N) is 1. The highest BCUT2D eigenvalue weighted by atomic mass is 16.5. The van der Waals surface area contributed by atoms with Crippen LogP contribution >= 0.6 is 0 Å². The van der Waals surface area contributed by atoms with E-state index in [2.05, 4.69) is 44.3 Å². The minimum Gasteiger partial charge on any atom is -0.492 e. The molecule has 2 rings (SSSR count). The molecule has 1 saturated heterocycles. The van der Waals surface area contributed by atoms with E-state index in [-0.39, 0.29) is 5.41 Å². The summed E-state index contributed by atoms with van der Waals surface area (Å²) in [6.45, 7) is 8.60. The molecule has 0 unspecified atom stereocenters. The maximum absolute atomic E-state index is 5.86. The summed E-state index contributed by atoms with van der Waals surface area (Å²) in [6.07, 6.45) is 2.51. The summed E-state index contributed by atoms with van der Waals surface area (Å²) in [5.41, 5.74) is 1.51. The van der Waals surface area contributed by atoms with Gasteiger partial charge in [-0.15, -0.1) is 0 Å². The highest BCUT2D eigenvalue weighted by molar-refractivity contribution is 5.32. The van der Waals surface area contributed by atoms with Gasteiger partial charge in [0.15, 0.2) is 0 Å². The quantitative estimate of drug-likeness (QED) is 0.866. The Labute approximate surface area is 104 Å². The van der Waals surface area contributed by atoms with Gasteiger partial charge in [-0.05, 0) is 42.5 Å². The van der Waals surface area contributed by atoms with Crippen molar-refractivity contribution in [3.8, 4) is 5.75 Å². The third kappa shape index (κ3) is 3.47. The number of hydrogen-bond acceptors (Lipinski definition) is 2. The Morgan fingerprint density at radius 1 is 1.35 bits per heavy atom. The minimum atomic E-state index is 0.185. The van der Waals surface area contributed by atoms with Crippen LogP contribution in [0.2, 0.25) is 0 Å². The van der Waals surface area contributed by atoms with Crippen molar-refractivity contribution in [2.45, 2.75) is 45.1 Å². The van der Waals surface area contributed by atoms with Crippen LogP contribution in [0.15, 0.2) is 24.3 Å². The lowest BCUT2D eigenvalue weighted by molar-refractivity contribution is 0.276. The van der Waals surface area contributed by atoms with E-state index in [0.717, 1.165) is 18.9 Å². The minimum absolute atomic E-state index is 0.185. The van der Waals surface area contributed by atoms with Crippen LogP contribution in [0, 0.1) is 0 Å². The predicted molar refractivity (Wildman–Crippen MR) is 71.7 cm³/mol. The zero-order chi connectivity index (χ0) is 12.3. The summed E-state index contributed by atoms with van der Waals surface area (Å²) in [5, 5.41) is 3.45. The van der Waals surface area contributed by atoms with Crippen LogP contribution in [-0.2, 0) is 5.41 Å². The van der Waals surface area contributed by atoms with E-state index in [9.17, 15) is 0 Å². The van der Waals surface area contributed by atoms with E-state index in [1.54, 1.807) is 0 Å². The van der Waals surface area contributed by atoms with Gasteiger partial charge in [0.1, 0.15) is 12.4 Å². The van der Waals surface area contributed by atoms with Gasteiger partial charge in [-0.2, -0.15) is 0 Å². The first kappa shape index (κ1) is 12.4. The average Bonchev–Trinajstić information content (AvgIpc) is 2.78. The average molecular weight is 233 g/mol. The second kappa shape index (κ2) is 5.09. The van der Waals surface area contributed by atoms with E-state index < -0.39 is 0 Å². The SMILES string of the molecule is CC(C)(C)c1cccc(OC[C@@H]2CCCN2)c1. The first-order valence-electron chi connectivity index (χ1n) is 6.52. The molecule has 1 N–H and O–H groups in total. The van der Waals surface area contributed by atoms with Crippen LogP contribution in [0.25, 0.3) is 0 Å². The lowest BCUT2D eigenvalue weighted by Crippen LogP contribution is -2.28. The molecule has 0 aliphatic carbocycles. The molecule has 0 bridgehead atoms. The van der Waals surface area contributed by atoms with E-state index in [0.29, 0.717) is 6.04 Å². The molecule has 0 radical (unpaired) electrons. The van der Waals surface area contributed by atoms with Gasteiger partial charge in [-0.3, -0.25) is 0 Å². The summed E-state index contributed by atoms with van der Waals surface area (Å²) in [6, 6.07) is 8.99. The van der Waals surface area contributed by atoms with Gasteiger partial charge in [0.25, 0.3) is 0 Å². The molecule has 1 aromatic rings. The van der Waals surface area contributed by atoms with Crippen LogP contribution < -0.4 is 10.1 Å². The molecule has 0 saturated carbocycles. The maximum Gasteiger partial charge on any atom is 0.119 e. The van der Waals surface area contributed by atoms with Gasteiger partial charge in [0, 0.05) is 6.04 Å². The first-order valence-corrected chi connectivity index (χ1v) is 6.52. The molecule has 1 aliphatic rings. The largest absolute Gasteiger partial charge is 0.492 e. The zero-order valence-electron chi connectivity index (χ0n) is 11.1. The lowest BCUT2D eigenvalue weighted by Gasteiger charge is -2.20. The van der Waals surface area contributed by atoms with Gasteiger partial charge >= 0.3 is 0 Å². The summed E-state index contributed by atoms with van der Waals surface area (Å²) in [7, 11) is 0. The summed E-state index contributed by atoms with van der Waals surface area (Å²) < 4.78 is 5.86. The molecule has 1 heterocycles. The molecule has 94 valence electrons. The molecular formula is C15H23NO. The number of ether oxygens (including phenoxy) is 1. The maximum atomic E-state index is 5.86. The first-order chi connectivity index (χ1) is 8.05. The molecule has 1 atom stereocenters. The van der Waals surface area contributed by atoms with Crippen molar-refractivity contribution < 1.29 is 4.74 Å². The molecule has 17 heavy (non-hydrogen) atoms. The Morgan fingerprint density at radius 2 is 2.18 bits per heavy atom. The van der Waals surface area contributed by atoms with Gasteiger partial charge in [0.05, 0.1) is 0 Å². The summed E-state index contributed by atoms with van der Waals surface area (Å²) in [5.74, 6) is 0.992. The van der Waals surface area contributed by atoms with Crippen LogP contribution in [-0.4, -0.2) is 19.2 Å². The Kier molecular flexibility index (Phi) is 3.72. The van der Waals surface area contributed by atoms with Crippen LogP contribution in [0.5, 0.6) is 5.75 Å². The third-order valence-electron chi connectivity index (χ3n) is 3.31. The van der Waals surface area contributed by atoms with Crippen LogP contribution in [0.4, 0.5) is 0 Å². The molecule has 1 aromatic carbocycles. The third-order valence-corrected chi connectivity index (χ3v) is 3.31. The highest BCUT2D eigenvalue weighted by Crippen LogP contribution is 2.25. The Bertz CT molecular complexity index is 361. The smallest absolute Gasteiger partial charge is 0.119 e. The Balaban J connectivity index is 1.96. The van der Waals surface area contributed by atoms with Crippen molar-refractivity contribution >= 4 is 0 Å². The number of hydrogen-bond donors (Lipinski definition) is 1. The van der Waals surface area contributed by atoms with E-state index in [4.69, 9.17) is 4.74 Å². The zero-order valence-corrected chi connectivity index (χ0v) is 11.1. The van der Waals surface area contributed by atoms with Crippen molar-refractivity contribution in [2.75, 3.05) is 13.2 Å². The molecule has 1 aliphatic heterocycles. The van der Waals surface area contributed by atoms with Crippen LogP contribution in [0.1, 0.15) is 39.2 Å². The second-order valence-electron chi connectivity index (χ2n) is 5.88. The molecule has 0 amide bonds. The fourth-order valence-corrected chi connectivity index (χ4v) is 2.15. The fraction of sp³-hybridized carbons (Fsp3) is 0.600. The standard InChI is InChI=1S/C15H23NO/c1-15(2,3)12-6-4-8-14(10-12)17-11-13-7-5-9-16-13/h4,6,8,10,13,16H,5,7,9,11H2,1-3H3/t13-/m0/s1. The highest BCUT2D eigenvalue weighted by Gasteiger charge is 2.16. The van der Waals surface area contributed by atoms with Gasteiger partial charge < -0.3 is 10.1 Å². The topological polar surface area (TPSA) is 21.3 Å². The molecule has 0 spiro atoms. The van der Waals surface area contributed by atoms with Gasteiger partial charge in [-0.25, -0.2) is 0 Å². The Hall–Kier alpha value is -1.02. The van der Waals surface area contributed by atoms with Crippen molar-refractivity contribution in [3.63, 3.8) is 0 Å². The lowest BCUT2D eigenvalue weighted by atomic mass is 9.87. The van der Waals surface area contributed by atoms with Crippen molar-refractivity contribution in [3.05, 3.63) is 29.8 Å². The molecule has 2 heteroatoms. The monoisotopic (exact) mass is 233 g/mol. The molecule has 1 fully saturated rings. The number of benzene rings is 1. The van der Waals surface area contributed by atoms with Crippen LogP contribution in [0.3, 0.4) is 0 Å². The Morgan fingerprint density at radius 3 is 2.82 bits per heavy atom. The van der Waals surface area contributed by atoms with Crippen molar-refractivity contribution in [1.29, 1.82) is 0 Å². The molecule has 2 nitrogen and oxygen atoms in total. The number of rotatable bonds is 3. The molecular weight excluding hydrogens is 210 g/mol.